The second-order valence-corrected chi connectivity index (χ2v) is 6.62. The maximum absolute atomic E-state index is 12.4. The maximum Gasteiger partial charge on any atom is 0.329 e. The van der Waals surface area contributed by atoms with Gasteiger partial charge in [0.1, 0.15) is 12.1 Å². The van der Waals surface area contributed by atoms with Gasteiger partial charge in [0.05, 0.1) is 17.9 Å². The zero-order chi connectivity index (χ0) is 18.3. The highest BCUT2D eigenvalue weighted by Gasteiger charge is 2.28. The lowest BCUT2D eigenvalue weighted by Gasteiger charge is -2.14. The van der Waals surface area contributed by atoms with Crippen LogP contribution in [0.4, 0.5) is 10.5 Å². The van der Waals surface area contributed by atoms with Crippen LogP contribution in [0, 0.1) is 0 Å². The molecule has 1 saturated heterocycles. The number of rotatable bonds is 4. The molecule has 2 N–H and O–H groups in total. The smallest absolute Gasteiger partial charge is 0.329 e. The van der Waals surface area contributed by atoms with E-state index >= 15 is 0 Å². The van der Waals surface area contributed by atoms with E-state index in [0.29, 0.717) is 11.3 Å². The van der Waals surface area contributed by atoms with Crippen LogP contribution < -0.4 is 15.5 Å². The van der Waals surface area contributed by atoms with E-state index in [4.69, 9.17) is 0 Å². The molecular weight excluding hydrogens is 356 g/mol. The first-order chi connectivity index (χ1) is 12.5. The summed E-state index contributed by atoms with van der Waals surface area (Å²) < 4.78 is 1.67. The van der Waals surface area contributed by atoms with Crippen molar-refractivity contribution >= 4 is 39.8 Å². The molecule has 3 heterocycles. The van der Waals surface area contributed by atoms with Crippen molar-refractivity contribution in [3.63, 3.8) is 0 Å². The zero-order valence-corrected chi connectivity index (χ0v) is 14.5. The Bertz CT molecular complexity index is 980. The van der Waals surface area contributed by atoms with Crippen LogP contribution in [0.15, 0.2) is 36.0 Å². The Kier molecular flexibility index (Phi) is 3.88. The first-order valence-corrected chi connectivity index (χ1v) is 8.70. The summed E-state index contributed by atoms with van der Waals surface area (Å²) >= 11 is 1.42. The first-order valence-electron chi connectivity index (χ1n) is 7.82. The van der Waals surface area contributed by atoms with E-state index < -0.39 is 6.03 Å². The van der Waals surface area contributed by atoms with Crippen LogP contribution in [-0.2, 0) is 4.79 Å². The zero-order valence-electron chi connectivity index (χ0n) is 13.7. The van der Waals surface area contributed by atoms with Crippen molar-refractivity contribution in [3.8, 4) is 0 Å². The van der Waals surface area contributed by atoms with Crippen LogP contribution in [0.1, 0.15) is 29.0 Å². The lowest BCUT2D eigenvalue weighted by Crippen LogP contribution is -2.28. The Morgan fingerprint density at radius 2 is 2.08 bits per heavy atom. The van der Waals surface area contributed by atoms with Gasteiger partial charge in [0.25, 0.3) is 5.91 Å². The van der Waals surface area contributed by atoms with E-state index in [2.05, 4.69) is 20.7 Å². The Labute approximate surface area is 151 Å². The summed E-state index contributed by atoms with van der Waals surface area (Å²) in [6, 6.07) is 5.75. The fraction of sp³-hybridized carbons (Fsp3) is 0.188. The van der Waals surface area contributed by atoms with Gasteiger partial charge in [-0.1, -0.05) is 11.3 Å². The summed E-state index contributed by atoms with van der Waals surface area (Å²) in [6.07, 6.45) is 1.78. The quantitative estimate of drug-likeness (QED) is 0.674. The van der Waals surface area contributed by atoms with E-state index in [0.717, 1.165) is 10.7 Å². The number of aromatic nitrogens is 3. The predicted molar refractivity (Wildman–Crippen MR) is 94.1 cm³/mol. The molecule has 2 aromatic heterocycles. The molecule has 3 aromatic rings. The minimum absolute atomic E-state index is 0.0209. The summed E-state index contributed by atoms with van der Waals surface area (Å²) in [4.78, 5) is 41.9. The number of carbonyl (C=O) groups excluding carboxylic acids is 3. The Morgan fingerprint density at radius 3 is 2.73 bits per heavy atom. The highest BCUT2D eigenvalue weighted by Crippen LogP contribution is 2.19. The van der Waals surface area contributed by atoms with Gasteiger partial charge in [-0.05, 0) is 31.2 Å². The molecule has 132 valence electrons. The number of carbonyl (C=O) groups is 3. The fourth-order valence-electron chi connectivity index (χ4n) is 2.66. The van der Waals surface area contributed by atoms with E-state index in [9.17, 15) is 14.4 Å². The molecule has 1 fully saturated rings. The van der Waals surface area contributed by atoms with Gasteiger partial charge < -0.3 is 5.32 Å². The van der Waals surface area contributed by atoms with Crippen molar-refractivity contribution in [2.45, 2.75) is 13.0 Å². The highest BCUT2D eigenvalue weighted by atomic mass is 32.1. The molecule has 0 saturated carbocycles. The molecule has 1 aromatic carbocycles. The topological polar surface area (TPSA) is 109 Å². The summed E-state index contributed by atoms with van der Waals surface area (Å²) in [5, 5.41) is 9.21. The van der Waals surface area contributed by atoms with Crippen molar-refractivity contribution in [2.75, 3.05) is 11.4 Å². The van der Waals surface area contributed by atoms with Crippen molar-refractivity contribution < 1.29 is 14.4 Å². The van der Waals surface area contributed by atoms with Gasteiger partial charge in [-0.15, -0.1) is 0 Å². The number of urea groups is 1. The number of nitrogens with zero attached hydrogens (tertiary/aromatic N) is 4. The first kappa shape index (κ1) is 16.2. The molecule has 1 aliphatic heterocycles. The van der Waals surface area contributed by atoms with Crippen LogP contribution in [0.25, 0.3) is 4.96 Å². The third-order valence-electron chi connectivity index (χ3n) is 4.03. The van der Waals surface area contributed by atoms with E-state index in [-0.39, 0.29) is 24.4 Å². The normalized spacial score (nSPS) is 15.3. The maximum atomic E-state index is 12.4. The molecule has 1 atom stereocenters. The van der Waals surface area contributed by atoms with Gasteiger partial charge in [0.2, 0.25) is 10.9 Å². The average molecular weight is 370 g/mol. The number of hydrogen-bond acceptors (Lipinski definition) is 6. The molecule has 0 spiro atoms. The molecule has 0 radical (unpaired) electrons. The van der Waals surface area contributed by atoms with Gasteiger partial charge in [0.15, 0.2) is 0 Å². The number of imidazole rings is 1. The second-order valence-electron chi connectivity index (χ2n) is 5.81. The van der Waals surface area contributed by atoms with Crippen molar-refractivity contribution in [1.82, 2.24) is 25.2 Å². The predicted octanol–water partition coefficient (Wildman–Crippen LogP) is 1.34. The van der Waals surface area contributed by atoms with Crippen molar-refractivity contribution in [1.29, 1.82) is 0 Å². The molecule has 0 aliphatic carbocycles. The lowest BCUT2D eigenvalue weighted by molar-refractivity contribution is -0.117. The van der Waals surface area contributed by atoms with Crippen LogP contribution in [0.3, 0.4) is 0 Å². The third-order valence-corrected chi connectivity index (χ3v) is 4.72. The lowest BCUT2D eigenvalue weighted by atomic mass is 10.1. The number of fused-ring (bicyclic) bond motifs is 1. The number of hydrogen-bond donors (Lipinski definition) is 2. The van der Waals surface area contributed by atoms with Crippen LogP contribution in [0.2, 0.25) is 0 Å². The van der Waals surface area contributed by atoms with Gasteiger partial charge in [-0.2, -0.15) is 5.10 Å². The van der Waals surface area contributed by atoms with Gasteiger partial charge in [-0.25, -0.2) is 14.3 Å². The molecule has 0 unspecified atom stereocenters. The largest absolute Gasteiger partial charge is 0.344 e. The van der Waals surface area contributed by atoms with E-state index in [1.165, 1.54) is 16.2 Å². The summed E-state index contributed by atoms with van der Waals surface area (Å²) in [5.74, 6) is -0.601. The number of amides is 4. The Morgan fingerprint density at radius 1 is 1.31 bits per heavy atom. The molecule has 26 heavy (non-hydrogen) atoms. The summed E-state index contributed by atoms with van der Waals surface area (Å²) in [6.45, 7) is 1.83. The van der Waals surface area contributed by atoms with Crippen LogP contribution >= 0.6 is 11.3 Å². The molecule has 4 amide bonds. The number of anilines is 1. The van der Waals surface area contributed by atoms with Crippen LogP contribution in [-0.4, -0.2) is 39.0 Å². The molecule has 4 rings (SSSR count). The SMILES string of the molecule is C[C@@H](NC(=O)c1ccc(N2CC(=O)NC2=O)cc1)c1cn2ncsc2n1. The van der Waals surface area contributed by atoms with Crippen molar-refractivity contribution in [2.24, 2.45) is 0 Å². The van der Waals surface area contributed by atoms with Gasteiger partial charge >= 0.3 is 6.03 Å². The Balaban J connectivity index is 1.45. The average Bonchev–Trinajstić information content (AvgIpc) is 3.29. The third kappa shape index (κ3) is 2.90. The monoisotopic (exact) mass is 370 g/mol. The number of benzene rings is 1. The second kappa shape index (κ2) is 6.23. The minimum atomic E-state index is -0.464. The standard InChI is InChI=1S/C16H14N6O3S/c1-9(12-6-22-16(19-12)26-8-17-22)18-14(24)10-2-4-11(5-3-10)21-7-13(23)20-15(21)25/h2-6,8-9H,7H2,1H3,(H,18,24)(H,20,23,25)/t9-/m1/s1. The van der Waals surface area contributed by atoms with Crippen LogP contribution in [0.5, 0.6) is 0 Å². The molecule has 10 heteroatoms. The minimum Gasteiger partial charge on any atom is -0.344 e. The van der Waals surface area contributed by atoms with E-state index in [1.807, 2.05) is 6.92 Å². The molecule has 0 bridgehead atoms. The summed E-state index contributed by atoms with van der Waals surface area (Å²) in [7, 11) is 0. The number of nitrogens with one attached hydrogen (secondary N) is 2. The van der Waals surface area contributed by atoms with Gasteiger partial charge in [-0.3, -0.25) is 19.8 Å². The summed E-state index contributed by atoms with van der Waals surface area (Å²) in [5.41, 5.74) is 3.43. The molecule has 9 nitrogen and oxygen atoms in total. The fourth-order valence-corrected chi connectivity index (χ4v) is 3.27. The molecule has 1 aliphatic rings. The van der Waals surface area contributed by atoms with E-state index in [1.54, 1.807) is 40.5 Å². The Hall–Kier alpha value is -3.27. The molecular formula is C16H14N6O3S. The van der Waals surface area contributed by atoms with Gasteiger partial charge in [0, 0.05) is 11.3 Å². The highest BCUT2D eigenvalue weighted by molar-refractivity contribution is 7.14. The van der Waals surface area contributed by atoms with Crippen molar-refractivity contribution in [3.05, 3.63) is 47.2 Å². The number of imide groups is 1.